The topological polar surface area (TPSA) is 42.7 Å². The monoisotopic (exact) mass is 277 g/mol. The van der Waals surface area contributed by atoms with E-state index in [0.717, 1.165) is 5.56 Å². The first-order chi connectivity index (χ1) is 9.58. The Morgan fingerprint density at radius 1 is 1.30 bits per heavy atom. The van der Waals surface area contributed by atoms with Crippen LogP contribution in [0.3, 0.4) is 0 Å². The third-order valence-corrected chi connectivity index (χ3v) is 2.91. The van der Waals surface area contributed by atoms with Crippen LogP contribution in [0, 0.1) is 12.7 Å². The maximum atomic E-state index is 12.7. The minimum atomic E-state index is -0.307. The number of benzene rings is 1. The van der Waals surface area contributed by atoms with Crippen molar-refractivity contribution < 1.29 is 18.3 Å². The van der Waals surface area contributed by atoms with Gasteiger partial charge in [0.15, 0.2) is 5.76 Å². The summed E-state index contributed by atoms with van der Waals surface area (Å²) in [6, 6.07) is 7.50. The van der Waals surface area contributed by atoms with Crippen molar-refractivity contribution in [3.05, 3.63) is 53.7 Å². The Morgan fingerprint density at radius 2 is 2.00 bits per heavy atom. The summed E-state index contributed by atoms with van der Waals surface area (Å²) in [6.07, 6.45) is 1.49. The molecule has 0 saturated heterocycles. The van der Waals surface area contributed by atoms with Crippen LogP contribution in [0.15, 0.2) is 41.0 Å². The van der Waals surface area contributed by atoms with Gasteiger partial charge in [-0.2, -0.15) is 0 Å². The summed E-state index contributed by atoms with van der Waals surface area (Å²) in [6.45, 7) is 2.56. The molecule has 0 aliphatic rings. The average Bonchev–Trinajstić information content (AvgIpc) is 2.86. The number of hydrogen-bond donors (Lipinski definition) is 0. The van der Waals surface area contributed by atoms with Crippen molar-refractivity contribution in [2.24, 2.45) is 0 Å². The van der Waals surface area contributed by atoms with Crippen molar-refractivity contribution >= 4 is 5.91 Å². The van der Waals surface area contributed by atoms with E-state index in [2.05, 4.69) is 0 Å². The van der Waals surface area contributed by atoms with Crippen LogP contribution in [-0.4, -0.2) is 31.0 Å². The lowest BCUT2D eigenvalue weighted by Gasteiger charge is -2.16. The van der Waals surface area contributed by atoms with E-state index in [4.69, 9.17) is 9.15 Å². The molecule has 0 radical (unpaired) electrons. The number of amides is 1. The average molecular weight is 277 g/mol. The van der Waals surface area contributed by atoms with Crippen molar-refractivity contribution in [1.29, 1.82) is 0 Å². The van der Waals surface area contributed by atoms with E-state index in [0.29, 0.717) is 24.7 Å². The molecule has 0 saturated carbocycles. The summed E-state index contributed by atoms with van der Waals surface area (Å²) in [5.74, 6) is 0.420. The molecule has 0 atom stereocenters. The Hall–Kier alpha value is -2.30. The highest BCUT2D eigenvalue weighted by Crippen LogP contribution is 2.12. The highest BCUT2D eigenvalue weighted by Gasteiger charge is 2.17. The first kappa shape index (κ1) is 14.1. The van der Waals surface area contributed by atoms with E-state index in [1.54, 1.807) is 25.2 Å². The molecule has 1 heterocycles. The van der Waals surface area contributed by atoms with Gasteiger partial charge in [0.1, 0.15) is 18.2 Å². The van der Waals surface area contributed by atoms with Gasteiger partial charge in [-0.25, -0.2) is 4.39 Å². The van der Waals surface area contributed by atoms with E-state index in [1.807, 2.05) is 6.92 Å². The molecule has 0 aliphatic heterocycles. The number of likely N-dealkylation sites (N-methyl/N-ethyl adjacent to an activating group) is 1. The lowest BCUT2D eigenvalue weighted by Crippen LogP contribution is -2.31. The number of ether oxygens (including phenoxy) is 1. The summed E-state index contributed by atoms with van der Waals surface area (Å²) >= 11 is 0. The van der Waals surface area contributed by atoms with Gasteiger partial charge in [0, 0.05) is 12.6 Å². The first-order valence-electron chi connectivity index (χ1n) is 6.26. The Kier molecular flexibility index (Phi) is 4.40. The lowest BCUT2D eigenvalue weighted by molar-refractivity contribution is 0.0741. The van der Waals surface area contributed by atoms with Crippen LogP contribution in [0.25, 0.3) is 0 Å². The van der Waals surface area contributed by atoms with Gasteiger partial charge in [0.2, 0.25) is 0 Å². The molecule has 0 aliphatic carbocycles. The van der Waals surface area contributed by atoms with Crippen molar-refractivity contribution in [2.45, 2.75) is 6.92 Å². The lowest BCUT2D eigenvalue weighted by atomic mass is 10.2. The number of nitrogens with zero attached hydrogens (tertiary/aromatic N) is 1. The first-order valence-corrected chi connectivity index (χ1v) is 6.26. The van der Waals surface area contributed by atoms with Gasteiger partial charge in [-0.3, -0.25) is 4.79 Å². The highest BCUT2D eigenvalue weighted by atomic mass is 19.1. The Labute approximate surface area is 116 Å². The third kappa shape index (κ3) is 3.38. The molecule has 0 spiro atoms. The minimum Gasteiger partial charge on any atom is -0.492 e. The molecule has 2 aromatic rings. The van der Waals surface area contributed by atoms with Gasteiger partial charge in [-0.1, -0.05) is 0 Å². The summed E-state index contributed by atoms with van der Waals surface area (Å²) in [5.41, 5.74) is 0.807. The molecular formula is C15H16FNO3. The smallest absolute Gasteiger partial charge is 0.289 e. The fourth-order valence-corrected chi connectivity index (χ4v) is 1.70. The maximum absolute atomic E-state index is 12.7. The van der Waals surface area contributed by atoms with Crippen molar-refractivity contribution in [1.82, 2.24) is 4.90 Å². The molecule has 1 aromatic heterocycles. The van der Waals surface area contributed by atoms with Crippen molar-refractivity contribution in [3.63, 3.8) is 0 Å². The molecule has 0 unspecified atom stereocenters. The van der Waals surface area contributed by atoms with Crippen LogP contribution < -0.4 is 4.74 Å². The standard InChI is InChI=1S/C15H16FNO3/c1-11-7-9-20-14(11)15(18)17(2)8-10-19-13-5-3-12(16)4-6-13/h3-7,9H,8,10H2,1-2H3. The molecule has 2 rings (SSSR count). The zero-order valence-electron chi connectivity index (χ0n) is 11.4. The molecule has 106 valence electrons. The van der Waals surface area contributed by atoms with Crippen molar-refractivity contribution in [2.75, 3.05) is 20.2 Å². The fourth-order valence-electron chi connectivity index (χ4n) is 1.70. The number of carbonyl (C=O) groups is 1. The quantitative estimate of drug-likeness (QED) is 0.844. The number of aryl methyl sites for hydroxylation is 1. The largest absolute Gasteiger partial charge is 0.492 e. The van der Waals surface area contributed by atoms with E-state index in [-0.39, 0.29) is 11.7 Å². The van der Waals surface area contributed by atoms with Gasteiger partial charge >= 0.3 is 0 Å². The number of furan rings is 1. The third-order valence-electron chi connectivity index (χ3n) is 2.91. The minimum absolute atomic E-state index is 0.185. The Bertz CT molecular complexity index is 577. The van der Waals surface area contributed by atoms with E-state index in [9.17, 15) is 9.18 Å². The highest BCUT2D eigenvalue weighted by molar-refractivity contribution is 5.92. The van der Waals surface area contributed by atoms with Crippen LogP contribution in [0.4, 0.5) is 4.39 Å². The fraction of sp³-hybridized carbons (Fsp3) is 0.267. The summed E-state index contributed by atoms with van der Waals surface area (Å²) in [7, 11) is 1.68. The molecule has 1 amide bonds. The van der Waals surface area contributed by atoms with Crippen LogP contribution >= 0.6 is 0 Å². The van der Waals surface area contributed by atoms with Crippen LogP contribution in [-0.2, 0) is 0 Å². The molecular weight excluding hydrogens is 261 g/mol. The van der Waals surface area contributed by atoms with E-state index < -0.39 is 0 Å². The van der Waals surface area contributed by atoms with Crippen LogP contribution in [0.5, 0.6) is 5.75 Å². The molecule has 0 N–H and O–H groups in total. The second-order valence-electron chi connectivity index (χ2n) is 4.46. The summed E-state index contributed by atoms with van der Waals surface area (Å²) < 4.78 is 23.3. The number of carbonyl (C=O) groups excluding carboxylic acids is 1. The summed E-state index contributed by atoms with van der Waals surface area (Å²) in [4.78, 5) is 13.6. The van der Waals surface area contributed by atoms with E-state index >= 15 is 0 Å². The molecule has 0 fully saturated rings. The normalized spacial score (nSPS) is 10.3. The number of halogens is 1. The zero-order valence-corrected chi connectivity index (χ0v) is 11.4. The second kappa shape index (κ2) is 6.23. The SMILES string of the molecule is Cc1ccoc1C(=O)N(C)CCOc1ccc(F)cc1. The van der Waals surface area contributed by atoms with Gasteiger partial charge in [-0.05, 0) is 37.3 Å². The van der Waals surface area contributed by atoms with Crippen molar-refractivity contribution in [3.8, 4) is 5.75 Å². The van der Waals surface area contributed by atoms with Gasteiger partial charge < -0.3 is 14.1 Å². The molecule has 5 heteroatoms. The van der Waals surface area contributed by atoms with Gasteiger partial charge in [0.25, 0.3) is 5.91 Å². The molecule has 4 nitrogen and oxygen atoms in total. The predicted octanol–water partition coefficient (Wildman–Crippen LogP) is 2.88. The molecule has 1 aromatic carbocycles. The summed E-state index contributed by atoms with van der Waals surface area (Å²) in [5, 5.41) is 0. The van der Waals surface area contributed by atoms with Gasteiger partial charge in [-0.15, -0.1) is 0 Å². The van der Waals surface area contributed by atoms with Crippen LogP contribution in [0.2, 0.25) is 0 Å². The van der Waals surface area contributed by atoms with Crippen LogP contribution in [0.1, 0.15) is 16.1 Å². The molecule has 0 bridgehead atoms. The zero-order chi connectivity index (χ0) is 14.5. The van der Waals surface area contributed by atoms with E-state index in [1.165, 1.54) is 23.3 Å². The molecule has 20 heavy (non-hydrogen) atoms. The number of hydrogen-bond acceptors (Lipinski definition) is 3. The second-order valence-corrected chi connectivity index (χ2v) is 4.46. The predicted molar refractivity (Wildman–Crippen MR) is 72.3 cm³/mol. The Morgan fingerprint density at radius 3 is 2.60 bits per heavy atom. The Balaban J connectivity index is 1.83. The maximum Gasteiger partial charge on any atom is 0.289 e. The number of rotatable bonds is 5. The van der Waals surface area contributed by atoms with Gasteiger partial charge in [0.05, 0.1) is 12.8 Å².